The van der Waals surface area contributed by atoms with Crippen molar-refractivity contribution in [1.82, 2.24) is 0 Å². The summed E-state index contributed by atoms with van der Waals surface area (Å²) in [7, 11) is -3.59. The first-order chi connectivity index (χ1) is 7.35. The molecule has 88 valence electrons. The topological polar surface area (TPSA) is 89.3 Å². The zero-order chi connectivity index (χ0) is 12.3. The first-order valence-electron chi connectivity index (χ1n) is 3.86. The number of nitro groups is 1. The van der Waals surface area contributed by atoms with Gasteiger partial charge in [0.1, 0.15) is 10.3 Å². The third kappa shape index (κ3) is 3.42. The molecule has 0 radical (unpaired) electrons. The molecule has 9 heteroatoms. The highest BCUT2D eigenvalue weighted by Crippen LogP contribution is 2.28. The Bertz CT molecular complexity index is 517. The molecule has 0 amide bonds. The largest absolute Gasteiger partial charge is 0.294 e. The quantitative estimate of drug-likeness (QED) is 0.498. The van der Waals surface area contributed by atoms with E-state index >= 15 is 0 Å². The summed E-state index contributed by atoms with van der Waals surface area (Å²) in [5, 5.41) is 10.7. The molecule has 0 aliphatic rings. The lowest BCUT2D eigenvalue weighted by atomic mass is 10.3. The molecule has 0 bridgehead atoms. The van der Waals surface area contributed by atoms with Gasteiger partial charge in [-0.2, -0.15) is 0 Å². The lowest BCUT2D eigenvalue weighted by molar-refractivity contribution is -0.384. The second-order valence-electron chi connectivity index (χ2n) is 2.74. The van der Waals surface area contributed by atoms with E-state index in [4.69, 9.17) is 0 Å². The van der Waals surface area contributed by atoms with Gasteiger partial charge in [0.15, 0.2) is 0 Å². The van der Waals surface area contributed by atoms with Gasteiger partial charge in [0.25, 0.3) is 5.69 Å². The number of sulfonamides is 1. The number of rotatable bonds is 4. The van der Waals surface area contributed by atoms with E-state index < -0.39 is 14.9 Å². The average molecular weight is 374 g/mol. The van der Waals surface area contributed by atoms with Crippen LogP contribution in [-0.4, -0.2) is 18.0 Å². The van der Waals surface area contributed by atoms with Crippen LogP contribution in [-0.2, 0) is 10.0 Å². The third-order valence-electron chi connectivity index (χ3n) is 1.57. The van der Waals surface area contributed by atoms with Gasteiger partial charge in [-0.25, -0.2) is 8.42 Å². The molecule has 0 unspecified atom stereocenters. The molecular formula is C7H6Br2N2O4S. The van der Waals surface area contributed by atoms with E-state index in [0.29, 0.717) is 4.47 Å². The molecule has 0 saturated carbocycles. The lowest BCUT2D eigenvalue weighted by Crippen LogP contribution is -2.14. The van der Waals surface area contributed by atoms with Gasteiger partial charge < -0.3 is 0 Å². The van der Waals surface area contributed by atoms with Crippen LogP contribution in [0.1, 0.15) is 0 Å². The summed E-state index contributed by atoms with van der Waals surface area (Å²) in [6.07, 6.45) is 0. The van der Waals surface area contributed by atoms with Gasteiger partial charge in [0.05, 0.1) is 4.92 Å². The summed E-state index contributed by atoms with van der Waals surface area (Å²) in [6, 6.07) is 4.06. The molecule has 16 heavy (non-hydrogen) atoms. The molecular weight excluding hydrogens is 368 g/mol. The Morgan fingerprint density at radius 1 is 1.44 bits per heavy atom. The minimum atomic E-state index is -3.59. The minimum absolute atomic E-state index is 0.0624. The van der Waals surface area contributed by atoms with E-state index in [9.17, 15) is 18.5 Å². The van der Waals surface area contributed by atoms with Crippen molar-refractivity contribution in [2.24, 2.45) is 0 Å². The summed E-state index contributed by atoms with van der Waals surface area (Å²) in [5.41, 5.74) is -0.369. The van der Waals surface area contributed by atoms with Gasteiger partial charge in [-0.1, -0.05) is 31.9 Å². The number of alkyl halides is 1. The molecule has 0 heterocycles. The van der Waals surface area contributed by atoms with E-state index in [1.54, 1.807) is 0 Å². The Morgan fingerprint density at radius 2 is 2.06 bits per heavy atom. The molecule has 0 fully saturated rings. The standard InChI is InChI=1S/C7H6Br2N2O4S/c8-4-16(14,15)10-6-2-1-5(9)3-7(6)11(12)13/h1-3,10H,4H2. The number of hydrogen-bond acceptors (Lipinski definition) is 4. The Hall–Kier alpha value is -0.670. The maximum Gasteiger partial charge on any atom is 0.294 e. The van der Waals surface area contributed by atoms with Gasteiger partial charge in [0, 0.05) is 10.5 Å². The number of anilines is 1. The summed E-state index contributed by atoms with van der Waals surface area (Å²) in [5.74, 6) is 0. The molecule has 6 nitrogen and oxygen atoms in total. The highest BCUT2D eigenvalue weighted by molar-refractivity contribution is 9.11. The fourth-order valence-electron chi connectivity index (χ4n) is 0.937. The van der Waals surface area contributed by atoms with Crippen molar-refractivity contribution in [3.8, 4) is 0 Å². The summed E-state index contributed by atoms with van der Waals surface area (Å²) < 4.78 is 24.8. The van der Waals surface area contributed by atoms with Crippen molar-refractivity contribution in [1.29, 1.82) is 0 Å². The van der Waals surface area contributed by atoms with Crippen LogP contribution in [0.15, 0.2) is 22.7 Å². The number of hydrogen-bond donors (Lipinski definition) is 1. The maximum atomic E-state index is 11.2. The highest BCUT2D eigenvalue weighted by Gasteiger charge is 2.18. The van der Waals surface area contributed by atoms with Gasteiger partial charge in [-0.15, -0.1) is 0 Å². The average Bonchev–Trinajstić information content (AvgIpc) is 2.20. The van der Waals surface area contributed by atoms with Crippen LogP contribution in [0.5, 0.6) is 0 Å². The Morgan fingerprint density at radius 3 is 2.56 bits per heavy atom. The third-order valence-corrected chi connectivity index (χ3v) is 4.69. The monoisotopic (exact) mass is 372 g/mol. The Balaban J connectivity index is 3.19. The fraction of sp³-hybridized carbons (Fsp3) is 0.143. The number of nitro benzene ring substituents is 1. The van der Waals surface area contributed by atoms with E-state index in [1.807, 2.05) is 0 Å². The zero-order valence-corrected chi connectivity index (χ0v) is 11.7. The van der Waals surface area contributed by atoms with Gasteiger partial charge in [-0.05, 0) is 12.1 Å². The molecule has 0 aliphatic carbocycles. The van der Waals surface area contributed by atoms with Crippen LogP contribution in [0.4, 0.5) is 11.4 Å². The minimum Gasteiger partial charge on any atom is -0.276 e. The summed E-state index contributed by atoms with van der Waals surface area (Å²) in [6.45, 7) is 0. The van der Waals surface area contributed by atoms with Crippen LogP contribution >= 0.6 is 31.9 Å². The highest BCUT2D eigenvalue weighted by atomic mass is 79.9. The smallest absolute Gasteiger partial charge is 0.276 e. The molecule has 1 aromatic carbocycles. The van der Waals surface area contributed by atoms with Crippen molar-refractivity contribution in [3.05, 3.63) is 32.8 Å². The normalized spacial score (nSPS) is 11.1. The van der Waals surface area contributed by atoms with E-state index in [2.05, 4.69) is 36.6 Å². The van der Waals surface area contributed by atoms with Crippen LogP contribution in [0.2, 0.25) is 0 Å². The molecule has 1 N–H and O–H groups in total. The van der Waals surface area contributed by atoms with Gasteiger partial charge >= 0.3 is 0 Å². The van der Waals surface area contributed by atoms with Crippen molar-refractivity contribution in [2.75, 3.05) is 9.38 Å². The second kappa shape index (κ2) is 5.11. The van der Waals surface area contributed by atoms with Gasteiger partial charge in [-0.3, -0.25) is 14.8 Å². The number of benzene rings is 1. The molecule has 1 aromatic rings. The number of nitrogens with zero attached hydrogens (tertiary/aromatic N) is 1. The van der Waals surface area contributed by atoms with Crippen molar-refractivity contribution in [2.45, 2.75) is 0 Å². The predicted molar refractivity (Wildman–Crippen MR) is 67.1 cm³/mol. The first-order valence-corrected chi connectivity index (χ1v) is 7.43. The Labute approximate surface area is 108 Å². The summed E-state index contributed by atoms with van der Waals surface area (Å²) >= 11 is 5.85. The molecule has 0 spiro atoms. The van der Waals surface area contributed by atoms with Crippen LogP contribution in [0.3, 0.4) is 0 Å². The first kappa shape index (κ1) is 13.4. The van der Waals surface area contributed by atoms with E-state index in [-0.39, 0.29) is 16.0 Å². The maximum absolute atomic E-state index is 11.2. The molecule has 1 rings (SSSR count). The van der Waals surface area contributed by atoms with Gasteiger partial charge in [0.2, 0.25) is 10.0 Å². The molecule has 0 aromatic heterocycles. The van der Waals surface area contributed by atoms with Crippen LogP contribution < -0.4 is 4.72 Å². The van der Waals surface area contributed by atoms with Crippen LogP contribution in [0.25, 0.3) is 0 Å². The molecule has 0 atom stereocenters. The van der Waals surface area contributed by atoms with Crippen molar-refractivity contribution in [3.63, 3.8) is 0 Å². The predicted octanol–water partition coefficient (Wildman–Crippen LogP) is 2.45. The van der Waals surface area contributed by atoms with E-state index in [0.717, 1.165) is 0 Å². The zero-order valence-electron chi connectivity index (χ0n) is 7.68. The van der Waals surface area contributed by atoms with E-state index in [1.165, 1.54) is 18.2 Å². The Kier molecular flexibility index (Phi) is 4.28. The number of nitrogens with one attached hydrogen (secondary N) is 1. The van der Waals surface area contributed by atoms with Crippen LogP contribution in [0, 0.1) is 10.1 Å². The van der Waals surface area contributed by atoms with Crippen molar-refractivity contribution < 1.29 is 13.3 Å². The molecule has 0 aliphatic heterocycles. The lowest BCUT2D eigenvalue weighted by Gasteiger charge is -2.06. The second-order valence-corrected chi connectivity index (χ2v) is 6.69. The number of halogens is 2. The SMILES string of the molecule is O=[N+]([O-])c1cc(Br)ccc1NS(=O)(=O)CBr. The molecule has 0 saturated heterocycles. The summed E-state index contributed by atoms with van der Waals surface area (Å²) in [4.78, 5) is 10.0. The fourth-order valence-corrected chi connectivity index (χ4v) is 2.19. The van der Waals surface area contributed by atoms with Crippen molar-refractivity contribution >= 4 is 53.3 Å².